The second-order valence-corrected chi connectivity index (χ2v) is 3.03. The average Bonchev–Trinajstić information content (AvgIpc) is 2.24. The quantitative estimate of drug-likeness (QED) is 0.536. The van der Waals surface area contributed by atoms with Gasteiger partial charge in [-0.3, -0.25) is 14.4 Å². The van der Waals surface area contributed by atoms with E-state index >= 15 is 0 Å². The molecule has 0 aliphatic rings. The average molecular weight is 215 g/mol. The third-order valence-electron chi connectivity index (χ3n) is 1.78. The Morgan fingerprint density at radius 1 is 1.20 bits per heavy atom. The van der Waals surface area contributed by atoms with Crippen molar-refractivity contribution in [1.29, 1.82) is 0 Å². The number of nitrogens with one attached hydrogen (secondary N) is 3. The highest BCUT2D eigenvalue weighted by Crippen LogP contribution is 1.81. The van der Waals surface area contributed by atoms with Crippen molar-refractivity contribution in [3.63, 3.8) is 0 Å². The smallest absolute Gasteiger partial charge is 0.242 e. The molecule has 1 atom stereocenters. The van der Waals surface area contributed by atoms with Gasteiger partial charge in [-0.25, -0.2) is 0 Å². The molecule has 3 N–H and O–H groups in total. The number of rotatable bonds is 5. The summed E-state index contributed by atoms with van der Waals surface area (Å²) < 4.78 is 0. The molecule has 0 aliphatic heterocycles. The second kappa shape index (κ2) is 6.80. The Hall–Kier alpha value is -1.59. The maximum absolute atomic E-state index is 11.2. The van der Waals surface area contributed by atoms with E-state index in [1.165, 1.54) is 7.05 Å². The first-order valence-corrected chi connectivity index (χ1v) is 4.78. The number of hydrogen-bond donors (Lipinski definition) is 3. The fourth-order valence-corrected chi connectivity index (χ4v) is 0.878. The van der Waals surface area contributed by atoms with Gasteiger partial charge >= 0.3 is 0 Å². The van der Waals surface area contributed by atoms with Crippen LogP contribution in [0.3, 0.4) is 0 Å². The summed E-state index contributed by atoms with van der Waals surface area (Å²) >= 11 is 0. The predicted molar refractivity (Wildman–Crippen MR) is 55.0 cm³/mol. The van der Waals surface area contributed by atoms with E-state index in [9.17, 15) is 14.4 Å². The zero-order valence-electron chi connectivity index (χ0n) is 9.22. The fourth-order valence-electron chi connectivity index (χ4n) is 0.878. The number of carbonyl (C=O) groups is 3. The zero-order valence-corrected chi connectivity index (χ0v) is 9.22. The van der Waals surface area contributed by atoms with Crippen LogP contribution >= 0.6 is 0 Å². The molecule has 0 bridgehead atoms. The summed E-state index contributed by atoms with van der Waals surface area (Å²) in [6, 6.07) is -0.596. The lowest BCUT2D eigenvalue weighted by Gasteiger charge is -2.12. The lowest BCUT2D eigenvalue weighted by Crippen LogP contribution is -2.47. The highest BCUT2D eigenvalue weighted by atomic mass is 16.2. The molecule has 0 heterocycles. The Labute approximate surface area is 88.8 Å². The highest BCUT2D eigenvalue weighted by Gasteiger charge is 2.13. The van der Waals surface area contributed by atoms with E-state index in [-0.39, 0.29) is 24.3 Å². The molecule has 86 valence electrons. The van der Waals surface area contributed by atoms with Gasteiger partial charge in [0.05, 0.1) is 6.54 Å². The van der Waals surface area contributed by atoms with Crippen molar-refractivity contribution in [2.24, 2.45) is 0 Å². The molecule has 0 aromatic rings. The van der Waals surface area contributed by atoms with Gasteiger partial charge in [-0.05, 0) is 6.92 Å². The van der Waals surface area contributed by atoms with Crippen LogP contribution in [-0.4, -0.2) is 37.4 Å². The first-order chi connectivity index (χ1) is 7.01. The van der Waals surface area contributed by atoms with Crippen molar-refractivity contribution in [2.45, 2.75) is 26.3 Å². The molecule has 3 amide bonds. The van der Waals surface area contributed by atoms with Gasteiger partial charge in [0.15, 0.2) is 0 Å². The molecular formula is C9H17N3O3. The van der Waals surface area contributed by atoms with E-state index in [0.717, 1.165) is 0 Å². The Balaban J connectivity index is 3.83. The molecule has 15 heavy (non-hydrogen) atoms. The summed E-state index contributed by atoms with van der Waals surface area (Å²) in [5, 5.41) is 7.26. The standard InChI is InChI=1S/C9H17N3O3/c1-4-7(13)11-5-8(14)12-6(2)9(15)10-3/h6H,4-5H2,1-3H3,(H,10,15)(H,11,13)(H,12,14)/t6-/m0/s1. The van der Waals surface area contributed by atoms with Crippen molar-refractivity contribution >= 4 is 17.7 Å². The number of likely N-dealkylation sites (N-methyl/N-ethyl adjacent to an activating group) is 1. The van der Waals surface area contributed by atoms with Gasteiger partial charge in [0.2, 0.25) is 17.7 Å². The van der Waals surface area contributed by atoms with Crippen molar-refractivity contribution in [2.75, 3.05) is 13.6 Å². The topological polar surface area (TPSA) is 87.3 Å². The summed E-state index contributed by atoms with van der Waals surface area (Å²) in [5.74, 6) is -0.851. The summed E-state index contributed by atoms with van der Waals surface area (Å²) in [7, 11) is 1.49. The molecule has 0 fully saturated rings. The molecule has 6 heteroatoms. The molecule has 0 aromatic heterocycles. The molecule has 6 nitrogen and oxygen atoms in total. The SMILES string of the molecule is CCC(=O)NCC(=O)N[C@@H](C)C(=O)NC. The molecule has 0 saturated heterocycles. The molecule has 0 aromatic carbocycles. The van der Waals surface area contributed by atoms with Crippen LogP contribution in [0.1, 0.15) is 20.3 Å². The van der Waals surface area contributed by atoms with Crippen LogP contribution in [0.15, 0.2) is 0 Å². The Bertz CT molecular complexity index is 253. The second-order valence-electron chi connectivity index (χ2n) is 3.03. The maximum Gasteiger partial charge on any atom is 0.242 e. The van der Waals surface area contributed by atoms with Gasteiger partial charge in [0.25, 0.3) is 0 Å². The van der Waals surface area contributed by atoms with E-state index < -0.39 is 6.04 Å². The largest absolute Gasteiger partial charge is 0.357 e. The summed E-state index contributed by atoms with van der Waals surface area (Å²) in [6.07, 6.45) is 0.332. The number of amides is 3. The maximum atomic E-state index is 11.2. The number of carbonyl (C=O) groups excluding carboxylic acids is 3. The summed E-state index contributed by atoms with van der Waals surface area (Å²) in [4.78, 5) is 33.0. The minimum Gasteiger partial charge on any atom is -0.357 e. The molecule has 0 saturated carbocycles. The fraction of sp³-hybridized carbons (Fsp3) is 0.667. The van der Waals surface area contributed by atoms with Crippen molar-refractivity contribution in [1.82, 2.24) is 16.0 Å². The van der Waals surface area contributed by atoms with E-state index in [0.29, 0.717) is 6.42 Å². The van der Waals surface area contributed by atoms with Crippen molar-refractivity contribution in [3.8, 4) is 0 Å². The van der Waals surface area contributed by atoms with Crippen molar-refractivity contribution in [3.05, 3.63) is 0 Å². The molecule has 0 aliphatic carbocycles. The molecule has 0 rings (SSSR count). The predicted octanol–water partition coefficient (Wildman–Crippen LogP) is -1.24. The number of hydrogen-bond acceptors (Lipinski definition) is 3. The Morgan fingerprint density at radius 3 is 2.27 bits per heavy atom. The monoisotopic (exact) mass is 215 g/mol. The highest BCUT2D eigenvalue weighted by molar-refractivity contribution is 5.89. The lowest BCUT2D eigenvalue weighted by molar-refractivity contribution is -0.129. The van der Waals surface area contributed by atoms with Gasteiger partial charge in [0, 0.05) is 13.5 Å². The van der Waals surface area contributed by atoms with E-state index in [2.05, 4.69) is 16.0 Å². The van der Waals surface area contributed by atoms with Gasteiger partial charge in [-0.2, -0.15) is 0 Å². The van der Waals surface area contributed by atoms with Gasteiger partial charge in [0.1, 0.15) is 6.04 Å². The first-order valence-electron chi connectivity index (χ1n) is 4.78. The van der Waals surface area contributed by atoms with Gasteiger partial charge in [-0.1, -0.05) is 6.92 Å². The van der Waals surface area contributed by atoms with Crippen LogP contribution in [0, 0.1) is 0 Å². The van der Waals surface area contributed by atoms with E-state index in [1.54, 1.807) is 13.8 Å². The first kappa shape index (κ1) is 13.4. The third-order valence-corrected chi connectivity index (χ3v) is 1.78. The molecular weight excluding hydrogens is 198 g/mol. The third kappa shape index (κ3) is 5.66. The van der Waals surface area contributed by atoms with Gasteiger partial charge in [-0.15, -0.1) is 0 Å². The molecule has 0 spiro atoms. The summed E-state index contributed by atoms with van der Waals surface area (Å²) in [6.45, 7) is 3.16. The molecule has 0 radical (unpaired) electrons. The zero-order chi connectivity index (χ0) is 11.8. The van der Waals surface area contributed by atoms with Crippen LogP contribution in [0.5, 0.6) is 0 Å². The normalized spacial score (nSPS) is 11.4. The van der Waals surface area contributed by atoms with Crippen LogP contribution in [0.25, 0.3) is 0 Å². The van der Waals surface area contributed by atoms with Crippen LogP contribution in [0.2, 0.25) is 0 Å². The van der Waals surface area contributed by atoms with Crippen LogP contribution in [0.4, 0.5) is 0 Å². The molecule has 0 unspecified atom stereocenters. The van der Waals surface area contributed by atoms with Crippen molar-refractivity contribution < 1.29 is 14.4 Å². The lowest BCUT2D eigenvalue weighted by atomic mass is 10.3. The van der Waals surface area contributed by atoms with E-state index in [4.69, 9.17) is 0 Å². The van der Waals surface area contributed by atoms with Gasteiger partial charge < -0.3 is 16.0 Å². The minimum absolute atomic E-state index is 0.103. The van der Waals surface area contributed by atoms with Crippen LogP contribution < -0.4 is 16.0 Å². The Morgan fingerprint density at radius 2 is 1.80 bits per heavy atom. The Kier molecular flexibility index (Phi) is 6.08. The minimum atomic E-state index is -0.596. The summed E-state index contributed by atoms with van der Waals surface area (Å²) in [5.41, 5.74) is 0. The van der Waals surface area contributed by atoms with Crippen LogP contribution in [-0.2, 0) is 14.4 Å². The van der Waals surface area contributed by atoms with E-state index in [1.807, 2.05) is 0 Å².